The summed E-state index contributed by atoms with van der Waals surface area (Å²) in [7, 11) is 1.63. The smallest absolute Gasteiger partial charge is 0.161 e. The van der Waals surface area contributed by atoms with Gasteiger partial charge < -0.3 is 14.6 Å². The second-order valence-electron chi connectivity index (χ2n) is 4.13. The minimum absolute atomic E-state index is 0.239. The van der Waals surface area contributed by atoms with Gasteiger partial charge in [0.2, 0.25) is 0 Å². The largest absolute Gasteiger partial charge is 0.493 e. The van der Waals surface area contributed by atoms with Crippen molar-refractivity contribution in [1.82, 2.24) is 0 Å². The molecule has 1 N–H and O–H groups in total. The summed E-state index contributed by atoms with van der Waals surface area (Å²) in [4.78, 5) is 0. The highest BCUT2D eigenvalue weighted by Crippen LogP contribution is 2.26. The molecule has 0 amide bonds. The zero-order valence-corrected chi connectivity index (χ0v) is 10.7. The molecule has 0 radical (unpaired) electrons. The molecule has 0 spiro atoms. The molecule has 0 saturated heterocycles. The van der Waals surface area contributed by atoms with Crippen LogP contribution in [-0.4, -0.2) is 25.4 Å². The minimum atomic E-state index is 0.239. The number of aliphatic hydroxyl groups is 1. The van der Waals surface area contributed by atoms with Crippen LogP contribution >= 0.6 is 0 Å². The van der Waals surface area contributed by atoms with Gasteiger partial charge in [-0.1, -0.05) is 25.5 Å². The Morgan fingerprint density at radius 1 is 1.18 bits per heavy atom. The van der Waals surface area contributed by atoms with Gasteiger partial charge >= 0.3 is 0 Å². The van der Waals surface area contributed by atoms with Crippen LogP contribution < -0.4 is 9.47 Å². The molecule has 0 aliphatic rings. The molecule has 0 saturated carbocycles. The van der Waals surface area contributed by atoms with Crippen LogP contribution in [0.1, 0.15) is 26.2 Å². The summed E-state index contributed by atoms with van der Waals surface area (Å²) in [5.74, 6) is 1.86. The van der Waals surface area contributed by atoms with Crippen molar-refractivity contribution in [2.45, 2.75) is 26.2 Å². The van der Waals surface area contributed by atoms with Crippen LogP contribution in [0.5, 0.6) is 11.5 Å². The van der Waals surface area contributed by atoms with Crippen LogP contribution in [0.15, 0.2) is 24.3 Å². The number of hydrogen-bond donors (Lipinski definition) is 1. The summed E-state index contributed by atoms with van der Waals surface area (Å²) in [5, 5.41) is 9.17. The van der Waals surface area contributed by atoms with Gasteiger partial charge in [-0.2, -0.15) is 0 Å². The van der Waals surface area contributed by atoms with Crippen LogP contribution in [0.3, 0.4) is 0 Å². The lowest BCUT2D eigenvalue weighted by atomic mass is 10.0. The Kier molecular flexibility index (Phi) is 6.48. The van der Waals surface area contributed by atoms with E-state index in [-0.39, 0.29) is 6.61 Å². The van der Waals surface area contributed by atoms with E-state index in [9.17, 15) is 5.11 Å². The number of ether oxygens (including phenoxy) is 2. The fourth-order valence-electron chi connectivity index (χ4n) is 1.81. The number of benzene rings is 1. The first-order valence-electron chi connectivity index (χ1n) is 6.18. The molecule has 0 bridgehead atoms. The summed E-state index contributed by atoms with van der Waals surface area (Å²) in [6.45, 7) is 2.98. The predicted molar refractivity (Wildman–Crippen MR) is 68.6 cm³/mol. The molecule has 1 aromatic carbocycles. The molecular formula is C14H22O3. The van der Waals surface area contributed by atoms with Crippen molar-refractivity contribution < 1.29 is 14.6 Å². The van der Waals surface area contributed by atoms with Crippen molar-refractivity contribution in [3.8, 4) is 11.5 Å². The molecule has 0 heterocycles. The van der Waals surface area contributed by atoms with Crippen LogP contribution in [0, 0.1) is 5.92 Å². The zero-order chi connectivity index (χ0) is 12.5. The Morgan fingerprint density at radius 3 is 2.47 bits per heavy atom. The Morgan fingerprint density at radius 2 is 1.88 bits per heavy atom. The molecule has 0 fully saturated rings. The fourth-order valence-corrected chi connectivity index (χ4v) is 1.81. The first-order chi connectivity index (χ1) is 8.31. The Labute approximate surface area is 103 Å². The number of aliphatic hydroxyl groups excluding tert-OH is 1. The maximum atomic E-state index is 9.17. The number of para-hydroxylation sites is 2. The summed E-state index contributed by atoms with van der Waals surface area (Å²) in [5.41, 5.74) is 0. The van der Waals surface area contributed by atoms with E-state index in [1.54, 1.807) is 7.11 Å². The highest BCUT2D eigenvalue weighted by molar-refractivity contribution is 5.39. The lowest BCUT2D eigenvalue weighted by Gasteiger charge is -2.14. The van der Waals surface area contributed by atoms with Gasteiger partial charge in [-0.15, -0.1) is 0 Å². The van der Waals surface area contributed by atoms with E-state index in [1.807, 2.05) is 24.3 Å². The van der Waals surface area contributed by atoms with Gasteiger partial charge in [-0.25, -0.2) is 0 Å². The van der Waals surface area contributed by atoms with Gasteiger partial charge in [-0.3, -0.25) is 0 Å². The molecule has 0 aromatic heterocycles. The monoisotopic (exact) mass is 238 g/mol. The standard InChI is InChI=1S/C14H22O3/c1-3-6-12(11-15)9-10-17-14-8-5-4-7-13(14)16-2/h4-5,7-8,12,15H,3,6,9-11H2,1-2H3. The van der Waals surface area contributed by atoms with Crippen molar-refractivity contribution in [2.24, 2.45) is 5.92 Å². The van der Waals surface area contributed by atoms with Crippen LogP contribution in [-0.2, 0) is 0 Å². The third kappa shape index (κ3) is 4.65. The van der Waals surface area contributed by atoms with Crippen molar-refractivity contribution in [1.29, 1.82) is 0 Å². The lowest BCUT2D eigenvalue weighted by Crippen LogP contribution is -2.11. The van der Waals surface area contributed by atoms with E-state index in [2.05, 4.69) is 6.92 Å². The van der Waals surface area contributed by atoms with E-state index in [0.717, 1.165) is 30.8 Å². The van der Waals surface area contributed by atoms with Crippen LogP contribution in [0.2, 0.25) is 0 Å². The first kappa shape index (κ1) is 13.8. The van der Waals surface area contributed by atoms with E-state index in [0.29, 0.717) is 12.5 Å². The van der Waals surface area contributed by atoms with Gasteiger partial charge in [0.1, 0.15) is 0 Å². The zero-order valence-electron chi connectivity index (χ0n) is 10.7. The molecule has 1 rings (SSSR count). The highest BCUT2D eigenvalue weighted by atomic mass is 16.5. The molecule has 1 atom stereocenters. The van der Waals surface area contributed by atoms with Gasteiger partial charge in [0.25, 0.3) is 0 Å². The van der Waals surface area contributed by atoms with Gasteiger partial charge in [0.15, 0.2) is 11.5 Å². The second kappa shape index (κ2) is 7.96. The highest BCUT2D eigenvalue weighted by Gasteiger charge is 2.07. The topological polar surface area (TPSA) is 38.7 Å². The predicted octanol–water partition coefficient (Wildman–Crippen LogP) is 2.87. The lowest BCUT2D eigenvalue weighted by molar-refractivity contribution is 0.182. The summed E-state index contributed by atoms with van der Waals surface area (Å²) >= 11 is 0. The van der Waals surface area contributed by atoms with Crippen molar-refractivity contribution in [3.63, 3.8) is 0 Å². The normalized spacial score (nSPS) is 12.2. The number of methoxy groups -OCH3 is 1. The van der Waals surface area contributed by atoms with E-state index in [1.165, 1.54) is 0 Å². The molecular weight excluding hydrogens is 216 g/mol. The maximum Gasteiger partial charge on any atom is 0.161 e. The molecule has 0 aliphatic carbocycles. The van der Waals surface area contributed by atoms with Gasteiger partial charge in [-0.05, 0) is 30.9 Å². The fraction of sp³-hybridized carbons (Fsp3) is 0.571. The number of hydrogen-bond acceptors (Lipinski definition) is 3. The quantitative estimate of drug-likeness (QED) is 0.757. The second-order valence-corrected chi connectivity index (χ2v) is 4.13. The van der Waals surface area contributed by atoms with Crippen molar-refractivity contribution in [3.05, 3.63) is 24.3 Å². The van der Waals surface area contributed by atoms with Crippen LogP contribution in [0.25, 0.3) is 0 Å². The van der Waals surface area contributed by atoms with E-state index < -0.39 is 0 Å². The van der Waals surface area contributed by atoms with E-state index >= 15 is 0 Å². The molecule has 96 valence electrons. The van der Waals surface area contributed by atoms with Crippen molar-refractivity contribution in [2.75, 3.05) is 20.3 Å². The van der Waals surface area contributed by atoms with Gasteiger partial charge in [0.05, 0.1) is 13.7 Å². The maximum absolute atomic E-state index is 9.17. The molecule has 0 aliphatic heterocycles. The molecule has 1 aromatic rings. The third-order valence-corrected chi connectivity index (χ3v) is 2.81. The Hall–Kier alpha value is -1.22. The average Bonchev–Trinajstić information content (AvgIpc) is 2.38. The van der Waals surface area contributed by atoms with Gasteiger partial charge in [0, 0.05) is 6.61 Å². The van der Waals surface area contributed by atoms with Crippen LogP contribution in [0.4, 0.5) is 0 Å². The molecule has 3 nitrogen and oxygen atoms in total. The average molecular weight is 238 g/mol. The Bertz CT molecular complexity index is 312. The minimum Gasteiger partial charge on any atom is -0.493 e. The first-order valence-corrected chi connectivity index (χ1v) is 6.18. The molecule has 3 heteroatoms. The SMILES string of the molecule is CCCC(CO)CCOc1ccccc1OC. The summed E-state index contributed by atoms with van der Waals surface area (Å²) < 4.78 is 10.9. The Balaban J connectivity index is 2.39. The van der Waals surface area contributed by atoms with Crippen molar-refractivity contribution >= 4 is 0 Å². The summed E-state index contributed by atoms with van der Waals surface area (Å²) in [6.07, 6.45) is 3.02. The third-order valence-electron chi connectivity index (χ3n) is 2.81. The van der Waals surface area contributed by atoms with E-state index in [4.69, 9.17) is 9.47 Å². The molecule has 1 unspecified atom stereocenters. The number of rotatable bonds is 8. The summed E-state index contributed by atoms with van der Waals surface area (Å²) in [6, 6.07) is 7.62. The molecule has 17 heavy (non-hydrogen) atoms.